The van der Waals surface area contributed by atoms with Gasteiger partial charge in [0, 0.05) is 24.0 Å². The van der Waals surface area contributed by atoms with Gasteiger partial charge in [0.2, 0.25) is 5.95 Å². The molecule has 0 saturated carbocycles. The van der Waals surface area contributed by atoms with E-state index in [4.69, 9.17) is 11.6 Å². The summed E-state index contributed by atoms with van der Waals surface area (Å²) in [6.45, 7) is 3.91. The molecule has 4 nitrogen and oxygen atoms in total. The van der Waals surface area contributed by atoms with Crippen LogP contribution in [0.2, 0.25) is 5.02 Å². The standard InChI is InChI=1S/C17H17ClN4/c1-12-19-20-17(22(12)16-8-6-15(18)7-9-16)21-10-13-4-2-3-5-14(13)11-21/h2-4,6-9,14H,5,10-11H2,1H3. The number of hydrogen-bond donors (Lipinski definition) is 0. The first-order valence-corrected chi connectivity index (χ1v) is 7.88. The number of anilines is 1. The SMILES string of the molecule is Cc1nnc(N2CC3=CC=CCC3C2)n1-c1ccc(Cl)cc1. The first kappa shape index (κ1) is 13.6. The van der Waals surface area contributed by atoms with Crippen LogP contribution in [0.5, 0.6) is 0 Å². The number of rotatable bonds is 2. The molecule has 0 N–H and O–H groups in total. The highest BCUT2D eigenvalue weighted by atomic mass is 35.5. The summed E-state index contributed by atoms with van der Waals surface area (Å²) in [7, 11) is 0. The third-order valence-electron chi connectivity index (χ3n) is 4.38. The highest BCUT2D eigenvalue weighted by Gasteiger charge is 2.30. The second-order valence-corrected chi connectivity index (χ2v) is 6.28. The quantitative estimate of drug-likeness (QED) is 0.850. The van der Waals surface area contributed by atoms with E-state index >= 15 is 0 Å². The summed E-state index contributed by atoms with van der Waals surface area (Å²) in [5.41, 5.74) is 2.54. The molecular formula is C17H17ClN4. The summed E-state index contributed by atoms with van der Waals surface area (Å²) in [4.78, 5) is 2.32. The molecule has 0 amide bonds. The molecule has 0 spiro atoms. The Kier molecular flexibility index (Phi) is 3.26. The fourth-order valence-corrected chi connectivity index (χ4v) is 3.37. The van der Waals surface area contributed by atoms with Crippen LogP contribution in [0.3, 0.4) is 0 Å². The molecule has 1 fully saturated rings. The summed E-state index contributed by atoms with van der Waals surface area (Å²) >= 11 is 6.00. The molecule has 1 aromatic heterocycles. The van der Waals surface area contributed by atoms with E-state index in [0.717, 1.165) is 42.0 Å². The number of allylic oxidation sites excluding steroid dienone is 3. The molecule has 2 aromatic rings. The van der Waals surface area contributed by atoms with Gasteiger partial charge >= 0.3 is 0 Å². The number of halogens is 1. The number of nitrogens with zero attached hydrogens (tertiary/aromatic N) is 4. The predicted octanol–water partition coefficient (Wildman–Crippen LogP) is 3.55. The first-order chi connectivity index (χ1) is 10.7. The third kappa shape index (κ3) is 2.24. The Balaban J connectivity index is 1.71. The summed E-state index contributed by atoms with van der Waals surface area (Å²) in [5, 5.41) is 9.43. The molecule has 4 rings (SSSR count). The average molecular weight is 313 g/mol. The van der Waals surface area contributed by atoms with Crippen LogP contribution in [0.15, 0.2) is 48.1 Å². The molecular weight excluding hydrogens is 296 g/mol. The number of fused-ring (bicyclic) bond motifs is 1. The fourth-order valence-electron chi connectivity index (χ4n) is 3.25. The maximum atomic E-state index is 6.00. The van der Waals surface area contributed by atoms with E-state index in [0.29, 0.717) is 5.92 Å². The Bertz CT molecular complexity index is 757. The molecule has 22 heavy (non-hydrogen) atoms. The Hall–Kier alpha value is -2.07. The van der Waals surface area contributed by atoms with Crippen LogP contribution in [0, 0.1) is 12.8 Å². The van der Waals surface area contributed by atoms with Crippen molar-refractivity contribution < 1.29 is 0 Å². The van der Waals surface area contributed by atoms with Crippen molar-refractivity contribution in [3.8, 4) is 5.69 Å². The van der Waals surface area contributed by atoms with E-state index in [9.17, 15) is 0 Å². The van der Waals surface area contributed by atoms with Crippen molar-refractivity contribution in [1.29, 1.82) is 0 Å². The van der Waals surface area contributed by atoms with Crippen LogP contribution in [0.25, 0.3) is 5.69 Å². The van der Waals surface area contributed by atoms with E-state index in [-0.39, 0.29) is 0 Å². The largest absolute Gasteiger partial charge is 0.336 e. The van der Waals surface area contributed by atoms with Crippen molar-refractivity contribution in [2.75, 3.05) is 18.0 Å². The topological polar surface area (TPSA) is 34.0 Å². The second-order valence-electron chi connectivity index (χ2n) is 5.84. The zero-order valence-electron chi connectivity index (χ0n) is 12.4. The van der Waals surface area contributed by atoms with Gasteiger partial charge in [-0.05, 0) is 43.2 Å². The van der Waals surface area contributed by atoms with Crippen molar-refractivity contribution in [2.24, 2.45) is 5.92 Å². The normalized spacial score (nSPS) is 20.2. The maximum Gasteiger partial charge on any atom is 0.232 e. The van der Waals surface area contributed by atoms with Gasteiger partial charge in [-0.3, -0.25) is 4.57 Å². The third-order valence-corrected chi connectivity index (χ3v) is 4.63. The van der Waals surface area contributed by atoms with Gasteiger partial charge in [0.25, 0.3) is 0 Å². The van der Waals surface area contributed by atoms with Crippen molar-refractivity contribution in [3.05, 3.63) is 58.9 Å². The molecule has 1 aliphatic carbocycles. The lowest BCUT2D eigenvalue weighted by molar-refractivity contribution is 0.676. The number of benzene rings is 1. The van der Waals surface area contributed by atoms with Gasteiger partial charge in [-0.2, -0.15) is 0 Å². The van der Waals surface area contributed by atoms with Crippen molar-refractivity contribution in [3.63, 3.8) is 0 Å². The van der Waals surface area contributed by atoms with E-state index in [1.54, 1.807) is 0 Å². The summed E-state index contributed by atoms with van der Waals surface area (Å²) < 4.78 is 2.10. The number of aryl methyl sites for hydroxylation is 1. The predicted molar refractivity (Wildman–Crippen MR) is 88.6 cm³/mol. The zero-order valence-corrected chi connectivity index (χ0v) is 13.2. The van der Waals surface area contributed by atoms with Crippen LogP contribution in [0.4, 0.5) is 5.95 Å². The lowest BCUT2D eigenvalue weighted by Gasteiger charge is -2.18. The molecule has 1 aliphatic heterocycles. The molecule has 1 saturated heterocycles. The number of aromatic nitrogens is 3. The zero-order chi connectivity index (χ0) is 15.1. The van der Waals surface area contributed by atoms with Gasteiger partial charge in [-0.1, -0.05) is 29.8 Å². The second kappa shape index (κ2) is 5.29. The van der Waals surface area contributed by atoms with Crippen molar-refractivity contribution in [2.45, 2.75) is 13.3 Å². The van der Waals surface area contributed by atoms with Crippen LogP contribution >= 0.6 is 11.6 Å². The molecule has 112 valence electrons. The fraction of sp³-hybridized carbons (Fsp3) is 0.294. The minimum atomic E-state index is 0.612. The lowest BCUT2D eigenvalue weighted by atomic mass is 9.95. The highest BCUT2D eigenvalue weighted by Crippen LogP contribution is 2.32. The van der Waals surface area contributed by atoms with Gasteiger partial charge in [0.15, 0.2) is 0 Å². The molecule has 0 radical (unpaired) electrons. The summed E-state index contributed by atoms with van der Waals surface area (Å²) in [6.07, 6.45) is 7.76. The smallest absolute Gasteiger partial charge is 0.232 e. The lowest BCUT2D eigenvalue weighted by Crippen LogP contribution is -2.23. The van der Waals surface area contributed by atoms with E-state index in [2.05, 4.69) is 37.9 Å². The summed E-state index contributed by atoms with van der Waals surface area (Å²) in [5.74, 6) is 2.41. The van der Waals surface area contributed by atoms with Crippen molar-refractivity contribution >= 4 is 17.5 Å². The van der Waals surface area contributed by atoms with Gasteiger partial charge in [-0.25, -0.2) is 0 Å². The minimum absolute atomic E-state index is 0.612. The Labute approximate surface area is 134 Å². The molecule has 5 heteroatoms. The Morgan fingerprint density at radius 1 is 1.18 bits per heavy atom. The van der Waals surface area contributed by atoms with Gasteiger partial charge in [-0.15, -0.1) is 10.2 Å². The van der Waals surface area contributed by atoms with Crippen LogP contribution < -0.4 is 4.90 Å². The summed E-state index contributed by atoms with van der Waals surface area (Å²) in [6, 6.07) is 7.81. The Morgan fingerprint density at radius 3 is 2.77 bits per heavy atom. The van der Waals surface area contributed by atoms with Gasteiger partial charge < -0.3 is 4.90 Å². The minimum Gasteiger partial charge on any atom is -0.336 e. The molecule has 0 bridgehead atoms. The molecule has 2 aliphatic rings. The molecule has 1 atom stereocenters. The van der Waals surface area contributed by atoms with Gasteiger partial charge in [0.1, 0.15) is 5.82 Å². The van der Waals surface area contributed by atoms with Crippen LogP contribution in [-0.2, 0) is 0 Å². The Morgan fingerprint density at radius 2 is 2.00 bits per heavy atom. The monoisotopic (exact) mass is 312 g/mol. The van der Waals surface area contributed by atoms with Gasteiger partial charge in [0.05, 0.1) is 5.69 Å². The van der Waals surface area contributed by atoms with E-state index in [1.807, 2.05) is 31.2 Å². The maximum absolute atomic E-state index is 6.00. The van der Waals surface area contributed by atoms with E-state index in [1.165, 1.54) is 5.57 Å². The van der Waals surface area contributed by atoms with E-state index < -0.39 is 0 Å². The molecule has 1 aromatic carbocycles. The van der Waals surface area contributed by atoms with Crippen molar-refractivity contribution in [1.82, 2.24) is 14.8 Å². The van der Waals surface area contributed by atoms with Crippen LogP contribution in [-0.4, -0.2) is 27.9 Å². The highest BCUT2D eigenvalue weighted by molar-refractivity contribution is 6.30. The van der Waals surface area contributed by atoms with Crippen LogP contribution in [0.1, 0.15) is 12.2 Å². The number of hydrogen-bond acceptors (Lipinski definition) is 3. The molecule has 1 unspecified atom stereocenters. The first-order valence-electron chi connectivity index (χ1n) is 7.51. The average Bonchev–Trinajstić information content (AvgIpc) is 3.11. The molecule has 2 heterocycles.